The number of rotatable bonds is 7. The van der Waals surface area contributed by atoms with Gasteiger partial charge in [0.25, 0.3) is 5.91 Å². The second-order valence-corrected chi connectivity index (χ2v) is 7.88. The highest BCUT2D eigenvalue weighted by Gasteiger charge is 2.25. The van der Waals surface area contributed by atoms with Crippen molar-refractivity contribution in [3.8, 4) is 0 Å². The van der Waals surface area contributed by atoms with Gasteiger partial charge in [-0.2, -0.15) is 0 Å². The summed E-state index contributed by atoms with van der Waals surface area (Å²) >= 11 is 6.26. The molecule has 5 nitrogen and oxygen atoms in total. The number of nitrogens with zero attached hydrogens (tertiary/aromatic N) is 1. The fourth-order valence-electron chi connectivity index (χ4n) is 3.29. The van der Waals surface area contributed by atoms with E-state index in [2.05, 4.69) is 10.6 Å². The molecule has 0 aromatic heterocycles. The van der Waals surface area contributed by atoms with E-state index in [-0.39, 0.29) is 30.1 Å². The number of carbonyl (C=O) groups is 2. The summed E-state index contributed by atoms with van der Waals surface area (Å²) in [6.07, 6.45) is 3.65. The number of amides is 2. The van der Waals surface area contributed by atoms with Gasteiger partial charge in [-0.1, -0.05) is 25.4 Å². The first-order chi connectivity index (χ1) is 12.4. The van der Waals surface area contributed by atoms with E-state index in [0.29, 0.717) is 28.6 Å². The van der Waals surface area contributed by atoms with Crippen LogP contribution in [0.4, 0.5) is 5.69 Å². The van der Waals surface area contributed by atoms with E-state index in [0.717, 1.165) is 38.9 Å². The predicted molar refractivity (Wildman–Crippen MR) is 114 cm³/mol. The van der Waals surface area contributed by atoms with Crippen LogP contribution in [0.1, 0.15) is 49.9 Å². The molecule has 0 saturated carbocycles. The lowest BCUT2D eigenvalue weighted by Gasteiger charge is -2.32. The molecule has 1 aliphatic rings. The van der Waals surface area contributed by atoms with E-state index in [1.807, 2.05) is 25.8 Å². The topological polar surface area (TPSA) is 61.4 Å². The van der Waals surface area contributed by atoms with Crippen molar-refractivity contribution in [3.63, 3.8) is 0 Å². The Hall–Kier alpha value is -1.30. The minimum Gasteiger partial charge on any atom is -0.339 e. The maximum atomic E-state index is 12.9. The first kappa shape index (κ1) is 23.7. The number of benzene rings is 1. The molecule has 1 heterocycles. The summed E-state index contributed by atoms with van der Waals surface area (Å²) in [5.74, 6) is 0.851. The number of likely N-dealkylation sites (tertiary alicyclic amines) is 1. The van der Waals surface area contributed by atoms with Crippen LogP contribution >= 0.6 is 24.0 Å². The first-order valence-electron chi connectivity index (χ1n) is 9.44. The Kier molecular flexibility index (Phi) is 10.1. The monoisotopic (exact) mass is 415 g/mol. The van der Waals surface area contributed by atoms with E-state index >= 15 is 0 Å². The molecule has 1 saturated heterocycles. The minimum atomic E-state index is -0.0537. The Morgan fingerprint density at radius 3 is 2.52 bits per heavy atom. The van der Waals surface area contributed by atoms with Crippen LogP contribution in [0.5, 0.6) is 0 Å². The lowest BCUT2D eigenvalue weighted by atomic mass is 9.93. The summed E-state index contributed by atoms with van der Waals surface area (Å²) in [6, 6.07) is 5.11. The first-order valence-corrected chi connectivity index (χ1v) is 9.81. The van der Waals surface area contributed by atoms with Crippen molar-refractivity contribution in [2.45, 2.75) is 39.5 Å². The SMILES string of the molecule is CNCCC1CCN(C(=O)c2cc(NC(=O)CC(C)C)ccc2Cl)CC1.Cl. The Balaban J connectivity index is 0.00000364. The molecule has 0 radical (unpaired) electrons. The van der Waals surface area contributed by atoms with Crippen LogP contribution in [0.15, 0.2) is 18.2 Å². The number of hydrogen-bond acceptors (Lipinski definition) is 3. The maximum absolute atomic E-state index is 12.9. The fourth-order valence-corrected chi connectivity index (χ4v) is 3.49. The molecular weight excluding hydrogens is 385 g/mol. The normalized spacial score (nSPS) is 14.8. The molecule has 0 atom stereocenters. The Morgan fingerprint density at radius 1 is 1.26 bits per heavy atom. The van der Waals surface area contributed by atoms with Gasteiger partial charge in [-0.3, -0.25) is 9.59 Å². The molecule has 7 heteroatoms. The van der Waals surface area contributed by atoms with Crippen molar-refractivity contribution in [2.75, 3.05) is 32.0 Å². The molecule has 0 spiro atoms. The highest BCUT2D eigenvalue weighted by Crippen LogP contribution is 2.26. The number of anilines is 1. The third-order valence-electron chi connectivity index (χ3n) is 4.78. The molecule has 1 aliphatic heterocycles. The largest absolute Gasteiger partial charge is 0.339 e. The zero-order chi connectivity index (χ0) is 19.1. The summed E-state index contributed by atoms with van der Waals surface area (Å²) in [5.41, 5.74) is 1.08. The third kappa shape index (κ3) is 7.32. The molecule has 0 bridgehead atoms. The standard InChI is InChI=1S/C20H30ClN3O2.ClH/c1-14(2)12-19(25)23-16-4-5-18(21)17(13-16)20(26)24-10-7-15(8-11-24)6-9-22-3;/h4-5,13-15,22H,6-12H2,1-3H3,(H,23,25);1H. The van der Waals surface area contributed by atoms with Crippen LogP contribution in [-0.4, -0.2) is 43.4 Å². The van der Waals surface area contributed by atoms with Crippen LogP contribution in [0.25, 0.3) is 0 Å². The van der Waals surface area contributed by atoms with Gasteiger partial charge in [0, 0.05) is 25.2 Å². The molecular formula is C20H31Cl2N3O2. The van der Waals surface area contributed by atoms with Crippen molar-refractivity contribution in [3.05, 3.63) is 28.8 Å². The van der Waals surface area contributed by atoms with Gasteiger partial charge in [-0.15, -0.1) is 12.4 Å². The van der Waals surface area contributed by atoms with Gasteiger partial charge in [-0.25, -0.2) is 0 Å². The average Bonchev–Trinajstić information content (AvgIpc) is 2.60. The second-order valence-electron chi connectivity index (χ2n) is 7.47. The molecule has 27 heavy (non-hydrogen) atoms. The number of nitrogens with one attached hydrogen (secondary N) is 2. The maximum Gasteiger partial charge on any atom is 0.255 e. The molecule has 152 valence electrons. The molecule has 2 rings (SSSR count). The molecule has 2 N–H and O–H groups in total. The van der Waals surface area contributed by atoms with Crippen LogP contribution in [0.2, 0.25) is 5.02 Å². The fraction of sp³-hybridized carbons (Fsp3) is 0.600. The summed E-state index contributed by atoms with van der Waals surface area (Å²) in [5, 5.41) is 6.46. The van der Waals surface area contributed by atoms with E-state index in [4.69, 9.17) is 11.6 Å². The summed E-state index contributed by atoms with van der Waals surface area (Å²) in [4.78, 5) is 26.7. The van der Waals surface area contributed by atoms with E-state index < -0.39 is 0 Å². The number of hydrogen-bond donors (Lipinski definition) is 2. The van der Waals surface area contributed by atoms with E-state index in [1.165, 1.54) is 0 Å². The van der Waals surface area contributed by atoms with Gasteiger partial charge in [0.2, 0.25) is 5.91 Å². The van der Waals surface area contributed by atoms with Crippen molar-refractivity contribution in [1.29, 1.82) is 0 Å². The second kappa shape index (κ2) is 11.5. The van der Waals surface area contributed by atoms with Crippen LogP contribution < -0.4 is 10.6 Å². The Bertz CT molecular complexity index is 630. The summed E-state index contributed by atoms with van der Waals surface area (Å²) in [6.45, 7) is 6.52. The zero-order valence-electron chi connectivity index (χ0n) is 16.4. The van der Waals surface area contributed by atoms with Gasteiger partial charge in [-0.05, 0) is 62.9 Å². The number of halogens is 2. The quantitative estimate of drug-likeness (QED) is 0.700. The summed E-state index contributed by atoms with van der Waals surface area (Å²) < 4.78 is 0. The Labute approximate surface area is 173 Å². The molecule has 0 aliphatic carbocycles. The van der Waals surface area contributed by atoms with Crippen LogP contribution in [0, 0.1) is 11.8 Å². The number of piperidine rings is 1. The van der Waals surface area contributed by atoms with Gasteiger partial charge in [0.15, 0.2) is 0 Å². The van der Waals surface area contributed by atoms with Crippen molar-refractivity contribution >= 4 is 41.5 Å². The highest BCUT2D eigenvalue weighted by atomic mass is 35.5. The van der Waals surface area contributed by atoms with E-state index in [1.54, 1.807) is 18.2 Å². The van der Waals surface area contributed by atoms with Crippen LogP contribution in [-0.2, 0) is 4.79 Å². The Morgan fingerprint density at radius 2 is 1.93 bits per heavy atom. The lowest BCUT2D eigenvalue weighted by molar-refractivity contribution is -0.116. The van der Waals surface area contributed by atoms with Crippen molar-refractivity contribution in [1.82, 2.24) is 10.2 Å². The highest BCUT2D eigenvalue weighted by molar-refractivity contribution is 6.34. The minimum absolute atomic E-state index is 0. The van der Waals surface area contributed by atoms with Gasteiger partial charge >= 0.3 is 0 Å². The van der Waals surface area contributed by atoms with E-state index in [9.17, 15) is 9.59 Å². The molecule has 1 aromatic carbocycles. The van der Waals surface area contributed by atoms with Crippen molar-refractivity contribution < 1.29 is 9.59 Å². The summed E-state index contributed by atoms with van der Waals surface area (Å²) in [7, 11) is 1.97. The van der Waals surface area contributed by atoms with Gasteiger partial charge in [0.1, 0.15) is 0 Å². The van der Waals surface area contributed by atoms with Crippen LogP contribution in [0.3, 0.4) is 0 Å². The molecule has 1 fully saturated rings. The predicted octanol–water partition coefficient (Wildman–Crippen LogP) is 4.21. The lowest BCUT2D eigenvalue weighted by Crippen LogP contribution is -2.39. The smallest absolute Gasteiger partial charge is 0.255 e. The van der Waals surface area contributed by atoms with Crippen molar-refractivity contribution in [2.24, 2.45) is 11.8 Å². The average molecular weight is 416 g/mol. The third-order valence-corrected chi connectivity index (χ3v) is 5.11. The van der Waals surface area contributed by atoms with Gasteiger partial charge < -0.3 is 15.5 Å². The molecule has 0 unspecified atom stereocenters. The number of carbonyl (C=O) groups excluding carboxylic acids is 2. The molecule has 1 aromatic rings. The zero-order valence-corrected chi connectivity index (χ0v) is 18.0. The molecule has 2 amide bonds. The van der Waals surface area contributed by atoms with Gasteiger partial charge in [0.05, 0.1) is 10.6 Å².